The normalized spacial score (nSPS) is 20.2. The van der Waals surface area contributed by atoms with Crippen LogP contribution >= 0.6 is 0 Å². The van der Waals surface area contributed by atoms with E-state index in [1.54, 1.807) is 6.08 Å². The Bertz CT molecular complexity index is 796. The third kappa shape index (κ3) is 2.83. The predicted molar refractivity (Wildman–Crippen MR) is 85.7 cm³/mol. The minimum atomic E-state index is -0.662. The van der Waals surface area contributed by atoms with Gasteiger partial charge in [-0.25, -0.2) is 4.79 Å². The standard InChI is InChI=1S/C18H17NO4/c1-22-17(20)14-10-15(18(21)23-2)19-16(14)13-8-7-11-5-3-4-6-12(11)9-13/h3-10,15-16,19H,1-2H3/t15-,16+/m0/s1. The highest BCUT2D eigenvalue weighted by Gasteiger charge is 2.35. The molecule has 0 saturated heterocycles. The number of ether oxygens (including phenoxy) is 2. The molecule has 3 rings (SSSR count). The summed E-state index contributed by atoms with van der Waals surface area (Å²) in [6.07, 6.45) is 1.57. The summed E-state index contributed by atoms with van der Waals surface area (Å²) in [6.45, 7) is 0. The smallest absolute Gasteiger partial charge is 0.335 e. The molecule has 0 bridgehead atoms. The van der Waals surface area contributed by atoms with Gasteiger partial charge in [0.15, 0.2) is 0 Å². The van der Waals surface area contributed by atoms with Crippen molar-refractivity contribution in [2.24, 2.45) is 0 Å². The van der Waals surface area contributed by atoms with Gasteiger partial charge < -0.3 is 9.47 Å². The van der Waals surface area contributed by atoms with Crippen molar-refractivity contribution in [1.29, 1.82) is 0 Å². The number of carbonyl (C=O) groups is 2. The zero-order valence-corrected chi connectivity index (χ0v) is 12.9. The minimum Gasteiger partial charge on any atom is -0.468 e. The van der Waals surface area contributed by atoms with E-state index in [2.05, 4.69) is 5.32 Å². The number of hydrogen-bond donors (Lipinski definition) is 1. The average Bonchev–Trinajstić information content (AvgIpc) is 3.05. The fraction of sp³-hybridized carbons (Fsp3) is 0.222. The highest BCUT2D eigenvalue weighted by Crippen LogP contribution is 2.31. The lowest BCUT2D eigenvalue weighted by Gasteiger charge is -2.17. The van der Waals surface area contributed by atoms with Gasteiger partial charge in [-0.2, -0.15) is 0 Å². The number of hydrogen-bond acceptors (Lipinski definition) is 5. The van der Waals surface area contributed by atoms with Gasteiger partial charge in [-0.3, -0.25) is 10.1 Å². The highest BCUT2D eigenvalue weighted by molar-refractivity contribution is 5.94. The Kier molecular flexibility index (Phi) is 4.12. The quantitative estimate of drug-likeness (QED) is 0.880. The van der Waals surface area contributed by atoms with Crippen LogP contribution in [0.4, 0.5) is 0 Å². The van der Waals surface area contributed by atoms with E-state index in [9.17, 15) is 9.59 Å². The maximum atomic E-state index is 12.0. The van der Waals surface area contributed by atoms with Crippen LogP contribution in [0.5, 0.6) is 0 Å². The lowest BCUT2D eigenvalue weighted by atomic mass is 9.98. The largest absolute Gasteiger partial charge is 0.468 e. The predicted octanol–water partition coefficient (Wildman–Crippen LogP) is 2.13. The van der Waals surface area contributed by atoms with E-state index in [-0.39, 0.29) is 0 Å². The van der Waals surface area contributed by atoms with E-state index in [0.29, 0.717) is 5.57 Å². The molecule has 1 N–H and O–H groups in total. The number of carbonyl (C=O) groups excluding carboxylic acids is 2. The Morgan fingerprint density at radius 3 is 2.43 bits per heavy atom. The van der Waals surface area contributed by atoms with Gasteiger partial charge in [-0.15, -0.1) is 0 Å². The Morgan fingerprint density at radius 2 is 1.74 bits per heavy atom. The number of fused-ring (bicyclic) bond motifs is 1. The van der Waals surface area contributed by atoms with Crippen LogP contribution in [0.25, 0.3) is 10.8 Å². The number of benzene rings is 2. The molecule has 5 heteroatoms. The van der Waals surface area contributed by atoms with E-state index in [0.717, 1.165) is 16.3 Å². The maximum absolute atomic E-state index is 12.0. The molecule has 1 aliphatic rings. The van der Waals surface area contributed by atoms with Crippen LogP contribution in [0, 0.1) is 0 Å². The third-order valence-electron chi connectivity index (χ3n) is 3.99. The van der Waals surface area contributed by atoms with E-state index in [4.69, 9.17) is 9.47 Å². The molecule has 0 radical (unpaired) electrons. The zero-order chi connectivity index (χ0) is 16.4. The van der Waals surface area contributed by atoms with Crippen LogP contribution in [0.2, 0.25) is 0 Å². The van der Waals surface area contributed by atoms with Crippen LogP contribution in [0.1, 0.15) is 11.6 Å². The van der Waals surface area contributed by atoms with Gasteiger partial charge in [-0.05, 0) is 28.5 Å². The molecule has 23 heavy (non-hydrogen) atoms. The SMILES string of the molecule is COC(=O)C1=C[C@@H](C(=O)OC)N[C@@H]1c1ccc2ccccc2c1. The van der Waals surface area contributed by atoms with Gasteiger partial charge in [0.1, 0.15) is 6.04 Å². The van der Waals surface area contributed by atoms with Gasteiger partial charge >= 0.3 is 11.9 Å². The van der Waals surface area contributed by atoms with Crippen LogP contribution in [0.3, 0.4) is 0 Å². The Balaban J connectivity index is 2.00. The van der Waals surface area contributed by atoms with Crippen molar-refractivity contribution >= 4 is 22.7 Å². The Morgan fingerprint density at radius 1 is 1.00 bits per heavy atom. The third-order valence-corrected chi connectivity index (χ3v) is 3.99. The fourth-order valence-electron chi connectivity index (χ4n) is 2.82. The molecule has 0 unspecified atom stereocenters. The second-order valence-corrected chi connectivity index (χ2v) is 5.32. The summed E-state index contributed by atoms with van der Waals surface area (Å²) in [5.74, 6) is -0.892. The van der Waals surface area contributed by atoms with Gasteiger partial charge in [0.2, 0.25) is 0 Å². The fourth-order valence-corrected chi connectivity index (χ4v) is 2.82. The average molecular weight is 311 g/mol. The molecule has 2 aromatic rings. The Hall–Kier alpha value is -2.66. The van der Waals surface area contributed by atoms with Crippen molar-refractivity contribution in [2.75, 3.05) is 14.2 Å². The van der Waals surface area contributed by atoms with E-state index < -0.39 is 24.0 Å². The molecule has 0 saturated carbocycles. The second-order valence-electron chi connectivity index (χ2n) is 5.32. The number of esters is 2. The highest BCUT2D eigenvalue weighted by atomic mass is 16.5. The molecule has 2 atom stereocenters. The lowest BCUT2D eigenvalue weighted by molar-refractivity contribution is -0.141. The van der Waals surface area contributed by atoms with E-state index in [1.165, 1.54) is 14.2 Å². The van der Waals surface area contributed by atoms with Crippen molar-refractivity contribution in [3.8, 4) is 0 Å². The molecular formula is C18H17NO4. The first-order valence-electron chi connectivity index (χ1n) is 7.26. The molecule has 118 valence electrons. The molecule has 0 aliphatic carbocycles. The van der Waals surface area contributed by atoms with Crippen molar-refractivity contribution < 1.29 is 19.1 Å². The van der Waals surface area contributed by atoms with Crippen molar-refractivity contribution in [2.45, 2.75) is 12.1 Å². The molecule has 2 aromatic carbocycles. The number of nitrogens with one attached hydrogen (secondary N) is 1. The molecular weight excluding hydrogens is 294 g/mol. The summed E-state index contributed by atoms with van der Waals surface area (Å²) in [5.41, 5.74) is 1.31. The first-order chi connectivity index (χ1) is 11.1. The summed E-state index contributed by atoms with van der Waals surface area (Å²) in [6, 6.07) is 12.8. The molecule has 5 nitrogen and oxygen atoms in total. The van der Waals surface area contributed by atoms with Crippen LogP contribution in [-0.2, 0) is 19.1 Å². The van der Waals surface area contributed by atoms with Crippen LogP contribution in [0.15, 0.2) is 54.1 Å². The lowest BCUT2D eigenvalue weighted by Crippen LogP contribution is -2.34. The molecule has 1 heterocycles. The van der Waals surface area contributed by atoms with Gasteiger partial charge in [-0.1, -0.05) is 36.4 Å². The van der Waals surface area contributed by atoms with E-state index >= 15 is 0 Å². The number of rotatable bonds is 3. The molecule has 1 aliphatic heterocycles. The summed E-state index contributed by atoms with van der Waals surface area (Å²) < 4.78 is 9.59. The minimum absolute atomic E-state index is 0.406. The van der Waals surface area contributed by atoms with Gasteiger partial charge in [0, 0.05) is 0 Å². The number of methoxy groups -OCH3 is 2. The van der Waals surface area contributed by atoms with Crippen molar-refractivity contribution in [3.05, 3.63) is 59.7 Å². The summed E-state index contributed by atoms with van der Waals surface area (Å²) >= 11 is 0. The summed E-state index contributed by atoms with van der Waals surface area (Å²) in [4.78, 5) is 23.8. The van der Waals surface area contributed by atoms with E-state index in [1.807, 2.05) is 42.5 Å². The van der Waals surface area contributed by atoms with Crippen LogP contribution < -0.4 is 5.32 Å². The first-order valence-corrected chi connectivity index (χ1v) is 7.26. The molecule has 0 spiro atoms. The summed E-state index contributed by atoms with van der Waals surface area (Å²) in [7, 11) is 2.64. The Labute approximate surface area is 133 Å². The topological polar surface area (TPSA) is 64.6 Å². The zero-order valence-electron chi connectivity index (χ0n) is 12.9. The second kappa shape index (κ2) is 6.22. The van der Waals surface area contributed by atoms with Gasteiger partial charge in [0.05, 0.1) is 25.8 Å². The first kappa shape index (κ1) is 15.2. The summed E-state index contributed by atoms with van der Waals surface area (Å²) in [5, 5.41) is 5.30. The maximum Gasteiger partial charge on any atom is 0.335 e. The van der Waals surface area contributed by atoms with Crippen molar-refractivity contribution in [3.63, 3.8) is 0 Å². The molecule has 0 aromatic heterocycles. The van der Waals surface area contributed by atoms with Crippen molar-refractivity contribution in [1.82, 2.24) is 5.32 Å². The van der Waals surface area contributed by atoms with Crippen LogP contribution in [-0.4, -0.2) is 32.2 Å². The van der Waals surface area contributed by atoms with Gasteiger partial charge in [0.25, 0.3) is 0 Å². The molecule has 0 amide bonds. The monoisotopic (exact) mass is 311 g/mol. The molecule has 0 fully saturated rings.